The molecule has 0 spiro atoms. The molecule has 2 aromatic carbocycles. The van der Waals surface area contributed by atoms with Crippen LogP contribution in [0.4, 0.5) is 23.5 Å². The van der Waals surface area contributed by atoms with E-state index in [9.17, 15) is 5.11 Å². The number of aryl methyl sites for hydroxylation is 1. The second-order valence-corrected chi connectivity index (χ2v) is 8.25. The van der Waals surface area contributed by atoms with Crippen molar-refractivity contribution >= 4 is 29.7 Å². The van der Waals surface area contributed by atoms with Crippen LogP contribution >= 0.6 is 0 Å². The van der Waals surface area contributed by atoms with Crippen LogP contribution in [0.25, 0.3) is 0 Å². The van der Waals surface area contributed by atoms with Crippen LogP contribution < -0.4 is 15.6 Å². The summed E-state index contributed by atoms with van der Waals surface area (Å²) in [6, 6.07) is 13.1. The first kappa shape index (κ1) is 21.5. The van der Waals surface area contributed by atoms with E-state index in [4.69, 9.17) is 0 Å². The van der Waals surface area contributed by atoms with Gasteiger partial charge in [0, 0.05) is 24.3 Å². The quantitative estimate of drug-likeness (QED) is 0.387. The largest absolute Gasteiger partial charge is 0.507 e. The van der Waals surface area contributed by atoms with Gasteiger partial charge in [0.1, 0.15) is 5.75 Å². The first-order chi connectivity index (χ1) is 15.5. The molecular formula is C24H29N7O. The molecule has 0 unspecified atom stereocenters. The van der Waals surface area contributed by atoms with Crippen LogP contribution in [0.15, 0.2) is 47.6 Å². The van der Waals surface area contributed by atoms with Crippen molar-refractivity contribution in [3.8, 4) is 5.75 Å². The molecule has 0 atom stereocenters. The zero-order valence-electron chi connectivity index (χ0n) is 18.7. The molecule has 1 aromatic heterocycles. The molecule has 0 bridgehead atoms. The third-order valence-corrected chi connectivity index (χ3v) is 5.85. The maximum atomic E-state index is 9.92. The highest BCUT2D eigenvalue weighted by molar-refractivity contribution is 5.83. The predicted octanol–water partition coefficient (Wildman–Crippen LogP) is 4.62. The first-order valence-corrected chi connectivity index (χ1v) is 10.9. The highest BCUT2D eigenvalue weighted by Crippen LogP contribution is 2.25. The number of aromatic hydroxyl groups is 1. The number of phenols is 1. The van der Waals surface area contributed by atoms with Gasteiger partial charge < -0.3 is 15.3 Å². The second kappa shape index (κ2) is 9.64. The fraction of sp³-hybridized carbons (Fsp3) is 0.333. The number of nitrogens with zero attached hydrogens (tertiary/aromatic N) is 5. The second-order valence-electron chi connectivity index (χ2n) is 8.25. The molecule has 1 aliphatic heterocycles. The third kappa shape index (κ3) is 5.14. The number of piperidine rings is 1. The lowest BCUT2D eigenvalue weighted by molar-refractivity contribution is 0.434. The average Bonchev–Trinajstić information content (AvgIpc) is 2.79. The summed E-state index contributed by atoms with van der Waals surface area (Å²) < 4.78 is 0. The highest BCUT2D eigenvalue weighted by Gasteiger charge is 2.20. The van der Waals surface area contributed by atoms with Crippen molar-refractivity contribution in [1.29, 1.82) is 0 Å². The summed E-state index contributed by atoms with van der Waals surface area (Å²) in [6.45, 7) is 8.25. The van der Waals surface area contributed by atoms with Crippen molar-refractivity contribution < 1.29 is 5.11 Å². The molecule has 2 heterocycles. The predicted molar refractivity (Wildman–Crippen MR) is 129 cm³/mol. The summed E-state index contributed by atoms with van der Waals surface area (Å²) >= 11 is 0. The van der Waals surface area contributed by atoms with Gasteiger partial charge in [-0.25, -0.2) is 5.43 Å². The Bertz CT molecular complexity index is 1110. The van der Waals surface area contributed by atoms with Crippen molar-refractivity contribution in [2.75, 3.05) is 28.7 Å². The van der Waals surface area contributed by atoms with Gasteiger partial charge in [0.15, 0.2) is 0 Å². The third-order valence-electron chi connectivity index (χ3n) is 5.85. The zero-order valence-corrected chi connectivity index (χ0v) is 18.7. The molecule has 0 aliphatic carbocycles. The van der Waals surface area contributed by atoms with E-state index in [2.05, 4.69) is 62.5 Å². The van der Waals surface area contributed by atoms with Crippen LogP contribution in [-0.4, -0.2) is 39.4 Å². The van der Waals surface area contributed by atoms with Gasteiger partial charge in [-0.1, -0.05) is 31.2 Å². The van der Waals surface area contributed by atoms with Crippen molar-refractivity contribution in [3.63, 3.8) is 0 Å². The van der Waals surface area contributed by atoms with Crippen molar-refractivity contribution in [3.05, 3.63) is 59.2 Å². The van der Waals surface area contributed by atoms with Gasteiger partial charge in [-0.15, -0.1) is 0 Å². The highest BCUT2D eigenvalue weighted by atomic mass is 16.3. The summed E-state index contributed by atoms with van der Waals surface area (Å²) in [5, 5.41) is 17.5. The molecule has 0 saturated carbocycles. The lowest BCUT2D eigenvalue weighted by Crippen LogP contribution is -2.34. The molecule has 1 saturated heterocycles. The van der Waals surface area contributed by atoms with E-state index in [0.29, 0.717) is 29.3 Å². The Morgan fingerprint density at radius 1 is 1.00 bits per heavy atom. The summed E-state index contributed by atoms with van der Waals surface area (Å²) in [5.74, 6) is 2.30. The molecule has 0 radical (unpaired) electrons. The number of benzene rings is 2. The summed E-state index contributed by atoms with van der Waals surface area (Å²) in [5.41, 5.74) is 6.79. The maximum Gasteiger partial charge on any atom is 0.250 e. The molecule has 8 nitrogen and oxygen atoms in total. The van der Waals surface area contributed by atoms with Gasteiger partial charge in [-0.2, -0.15) is 20.1 Å². The number of para-hydroxylation sites is 1. The van der Waals surface area contributed by atoms with Gasteiger partial charge in [0.2, 0.25) is 17.8 Å². The Morgan fingerprint density at radius 3 is 2.53 bits per heavy atom. The van der Waals surface area contributed by atoms with Gasteiger partial charge in [0.25, 0.3) is 0 Å². The Kier molecular flexibility index (Phi) is 6.49. The monoisotopic (exact) mass is 431 g/mol. The van der Waals surface area contributed by atoms with Crippen LogP contribution in [0, 0.1) is 19.8 Å². The number of rotatable bonds is 6. The van der Waals surface area contributed by atoms with E-state index in [1.165, 1.54) is 5.56 Å². The maximum absolute atomic E-state index is 9.92. The lowest BCUT2D eigenvalue weighted by Gasteiger charge is -2.30. The number of hydrogen-bond donors (Lipinski definition) is 3. The molecule has 0 amide bonds. The first-order valence-electron chi connectivity index (χ1n) is 10.9. The van der Waals surface area contributed by atoms with E-state index in [1.54, 1.807) is 24.4 Å². The smallest absolute Gasteiger partial charge is 0.250 e. The molecule has 1 aliphatic rings. The summed E-state index contributed by atoms with van der Waals surface area (Å²) in [4.78, 5) is 16.0. The number of hydrazone groups is 1. The van der Waals surface area contributed by atoms with Crippen LogP contribution in [0.3, 0.4) is 0 Å². The topological polar surface area (TPSA) is 98.6 Å². The number of aromatic nitrogens is 3. The van der Waals surface area contributed by atoms with Crippen LogP contribution in [0.1, 0.15) is 36.5 Å². The molecular weight excluding hydrogens is 402 g/mol. The SMILES string of the molecule is Cc1cccc(Nc2nc(N/N=C\c3ccccc3O)nc(N3CCC(C)CC3)n2)c1C. The minimum atomic E-state index is 0.161. The van der Waals surface area contributed by atoms with E-state index in [1.807, 2.05) is 18.2 Å². The van der Waals surface area contributed by atoms with Gasteiger partial charge >= 0.3 is 0 Å². The molecule has 166 valence electrons. The van der Waals surface area contributed by atoms with E-state index < -0.39 is 0 Å². The molecule has 3 aromatic rings. The number of nitrogens with one attached hydrogen (secondary N) is 2. The lowest BCUT2D eigenvalue weighted by atomic mass is 10.00. The number of phenolic OH excluding ortho intramolecular Hbond substituents is 1. The zero-order chi connectivity index (χ0) is 22.5. The Morgan fingerprint density at radius 2 is 1.75 bits per heavy atom. The Hall–Kier alpha value is -3.68. The minimum Gasteiger partial charge on any atom is -0.507 e. The van der Waals surface area contributed by atoms with Gasteiger partial charge in [0.05, 0.1) is 6.21 Å². The molecule has 32 heavy (non-hydrogen) atoms. The van der Waals surface area contributed by atoms with Crippen LogP contribution in [0.2, 0.25) is 0 Å². The Balaban J connectivity index is 1.61. The fourth-order valence-corrected chi connectivity index (χ4v) is 3.58. The van der Waals surface area contributed by atoms with Crippen LogP contribution in [-0.2, 0) is 0 Å². The van der Waals surface area contributed by atoms with Crippen LogP contribution in [0.5, 0.6) is 5.75 Å². The average molecular weight is 432 g/mol. The summed E-state index contributed by atoms with van der Waals surface area (Å²) in [7, 11) is 0. The Labute approximate surface area is 188 Å². The number of anilines is 4. The van der Waals surface area contributed by atoms with Crippen molar-refractivity contribution in [2.24, 2.45) is 11.0 Å². The van der Waals surface area contributed by atoms with Crippen molar-refractivity contribution in [2.45, 2.75) is 33.6 Å². The normalized spacial score (nSPS) is 14.7. The standard InChI is InChI=1S/C24H29N7O/c1-16-11-13-31(14-12-16)24-28-22(26-20-9-6-7-17(2)18(20)3)27-23(29-24)30-25-15-19-8-4-5-10-21(19)32/h4-10,15-16,32H,11-14H2,1-3H3,(H2,26,27,28,29,30)/b25-15-. The summed E-state index contributed by atoms with van der Waals surface area (Å²) in [6.07, 6.45) is 3.76. The van der Waals surface area contributed by atoms with E-state index >= 15 is 0 Å². The molecule has 4 rings (SSSR count). The molecule has 8 heteroatoms. The number of hydrogen-bond acceptors (Lipinski definition) is 8. The molecule has 3 N–H and O–H groups in total. The minimum absolute atomic E-state index is 0.161. The van der Waals surface area contributed by atoms with Gasteiger partial charge in [-0.3, -0.25) is 0 Å². The van der Waals surface area contributed by atoms with E-state index in [0.717, 1.165) is 37.2 Å². The van der Waals surface area contributed by atoms with Crippen molar-refractivity contribution in [1.82, 2.24) is 15.0 Å². The van der Waals surface area contributed by atoms with Gasteiger partial charge in [-0.05, 0) is 61.9 Å². The van der Waals surface area contributed by atoms with E-state index in [-0.39, 0.29) is 5.75 Å². The molecule has 1 fully saturated rings. The fourth-order valence-electron chi connectivity index (χ4n) is 3.58.